The van der Waals surface area contributed by atoms with Crippen molar-refractivity contribution in [2.24, 2.45) is 0 Å². The summed E-state index contributed by atoms with van der Waals surface area (Å²) < 4.78 is 5.31. The van der Waals surface area contributed by atoms with Gasteiger partial charge in [-0.15, -0.1) is 0 Å². The van der Waals surface area contributed by atoms with Gasteiger partial charge >= 0.3 is 12.0 Å². The van der Waals surface area contributed by atoms with E-state index >= 15 is 0 Å². The van der Waals surface area contributed by atoms with Crippen molar-refractivity contribution in [3.63, 3.8) is 0 Å². The monoisotopic (exact) mass is 383 g/mol. The molecule has 0 atom stereocenters. The van der Waals surface area contributed by atoms with Crippen LogP contribution in [0.15, 0.2) is 42.5 Å². The number of carbonyl (C=O) groups is 3. The van der Waals surface area contributed by atoms with Gasteiger partial charge in [-0.3, -0.25) is 9.69 Å². The van der Waals surface area contributed by atoms with Crippen LogP contribution in [0.1, 0.15) is 26.3 Å². The zero-order valence-corrected chi connectivity index (χ0v) is 15.4. The van der Waals surface area contributed by atoms with Gasteiger partial charge in [-0.05, 0) is 42.3 Å². The van der Waals surface area contributed by atoms with E-state index in [2.05, 4.69) is 10.6 Å². The number of amides is 3. The number of hydrogen-bond acceptors (Lipinski definition) is 4. The lowest BCUT2D eigenvalue weighted by molar-refractivity contribution is 0.0696. The molecule has 8 nitrogen and oxygen atoms in total. The highest BCUT2D eigenvalue weighted by Gasteiger charge is 2.25. The minimum atomic E-state index is -0.984. The maximum atomic E-state index is 12.5. The zero-order valence-electron chi connectivity index (χ0n) is 15.4. The Balaban J connectivity index is 1.66. The average Bonchev–Trinajstić information content (AvgIpc) is 3.13. The molecular formula is C20H21N3O5. The topological polar surface area (TPSA) is 108 Å². The number of anilines is 1. The van der Waals surface area contributed by atoms with E-state index in [9.17, 15) is 14.4 Å². The van der Waals surface area contributed by atoms with Crippen LogP contribution in [0.2, 0.25) is 0 Å². The summed E-state index contributed by atoms with van der Waals surface area (Å²) in [6.07, 6.45) is 0.504. The maximum Gasteiger partial charge on any atom is 0.335 e. The minimum Gasteiger partial charge on any atom is -0.495 e. The van der Waals surface area contributed by atoms with E-state index in [1.54, 1.807) is 30.3 Å². The van der Waals surface area contributed by atoms with Crippen LogP contribution in [-0.4, -0.2) is 49.8 Å². The average molecular weight is 383 g/mol. The van der Waals surface area contributed by atoms with Crippen molar-refractivity contribution >= 4 is 23.6 Å². The van der Waals surface area contributed by atoms with Crippen molar-refractivity contribution in [3.8, 4) is 5.75 Å². The molecule has 0 radical (unpaired) electrons. The number of ether oxygens (including phenoxy) is 1. The van der Waals surface area contributed by atoms with Gasteiger partial charge in [-0.2, -0.15) is 0 Å². The van der Waals surface area contributed by atoms with Crippen LogP contribution >= 0.6 is 0 Å². The summed E-state index contributed by atoms with van der Waals surface area (Å²) in [6, 6.07) is 11.3. The van der Waals surface area contributed by atoms with Crippen molar-refractivity contribution in [3.05, 3.63) is 59.2 Å². The Morgan fingerprint density at radius 1 is 1.21 bits per heavy atom. The minimum absolute atomic E-state index is 0.215. The Labute approximate surface area is 162 Å². The summed E-state index contributed by atoms with van der Waals surface area (Å²) in [5.41, 5.74) is 1.99. The van der Waals surface area contributed by atoms with Crippen LogP contribution in [0.3, 0.4) is 0 Å². The predicted molar refractivity (Wildman–Crippen MR) is 103 cm³/mol. The van der Waals surface area contributed by atoms with Crippen LogP contribution in [0.5, 0.6) is 5.75 Å². The van der Waals surface area contributed by atoms with Crippen molar-refractivity contribution in [2.45, 2.75) is 6.42 Å². The van der Waals surface area contributed by atoms with Crippen molar-refractivity contribution < 1.29 is 24.2 Å². The van der Waals surface area contributed by atoms with Crippen LogP contribution in [0, 0.1) is 0 Å². The fourth-order valence-corrected chi connectivity index (χ4v) is 3.03. The molecule has 1 saturated heterocycles. The van der Waals surface area contributed by atoms with E-state index in [0.29, 0.717) is 43.1 Å². The molecule has 3 rings (SSSR count). The lowest BCUT2D eigenvalue weighted by atomic mass is 10.1. The number of urea groups is 1. The molecule has 8 heteroatoms. The molecule has 1 fully saturated rings. The maximum absolute atomic E-state index is 12.5. The summed E-state index contributed by atoms with van der Waals surface area (Å²) in [5, 5.41) is 14.6. The molecule has 0 aromatic heterocycles. The van der Waals surface area contributed by atoms with E-state index in [1.807, 2.05) is 6.07 Å². The Bertz CT molecular complexity index is 912. The highest BCUT2D eigenvalue weighted by atomic mass is 16.5. The Morgan fingerprint density at radius 3 is 2.71 bits per heavy atom. The fourth-order valence-electron chi connectivity index (χ4n) is 3.03. The van der Waals surface area contributed by atoms with E-state index in [0.717, 1.165) is 5.56 Å². The van der Waals surface area contributed by atoms with Crippen LogP contribution in [0.4, 0.5) is 10.5 Å². The molecule has 0 saturated carbocycles. The third kappa shape index (κ3) is 4.22. The molecule has 0 spiro atoms. The van der Waals surface area contributed by atoms with Gasteiger partial charge in [0.05, 0.1) is 18.4 Å². The van der Waals surface area contributed by atoms with E-state index < -0.39 is 5.97 Å². The smallest absolute Gasteiger partial charge is 0.335 e. The lowest BCUT2D eigenvalue weighted by Crippen LogP contribution is -2.29. The van der Waals surface area contributed by atoms with Gasteiger partial charge < -0.3 is 20.5 Å². The van der Waals surface area contributed by atoms with Crippen LogP contribution in [-0.2, 0) is 6.42 Å². The Morgan fingerprint density at radius 2 is 2.04 bits per heavy atom. The van der Waals surface area contributed by atoms with Gasteiger partial charge in [0.15, 0.2) is 0 Å². The van der Waals surface area contributed by atoms with Crippen molar-refractivity contribution in [1.29, 1.82) is 0 Å². The molecule has 2 aromatic carbocycles. The third-order valence-electron chi connectivity index (χ3n) is 4.46. The van der Waals surface area contributed by atoms with Gasteiger partial charge in [-0.1, -0.05) is 12.1 Å². The van der Waals surface area contributed by atoms with E-state index in [1.165, 1.54) is 18.1 Å². The number of aromatic carboxylic acids is 1. The van der Waals surface area contributed by atoms with Gasteiger partial charge in [0, 0.05) is 25.2 Å². The largest absolute Gasteiger partial charge is 0.495 e. The number of nitrogens with one attached hydrogen (secondary N) is 2. The molecule has 2 aromatic rings. The van der Waals surface area contributed by atoms with E-state index in [-0.39, 0.29) is 17.5 Å². The molecule has 28 heavy (non-hydrogen) atoms. The molecule has 0 aliphatic carbocycles. The molecule has 146 valence electrons. The third-order valence-corrected chi connectivity index (χ3v) is 4.46. The summed E-state index contributed by atoms with van der Waals surface area (Å²) in [5.74, 6) is -0.750. The fraction of sp³-hybridized carbons (Fsp3) is 0.250. The molecule has 3 amide bonds. The number of carboxylic acids is 1. The Hall–Kier alpha value is -3.55. The van der Waals surface area contributed by atoms with Crippen LogP contribution < -0.4 is 20.3 Å². The van der Waals surface area contributed by atoms with E-state index in [4.69, 9.17) is 9.84 Å². The zero-order chi connectivity index (χ0) is 20.1. The summed E-state index contributed by atoms with van der Waals surface area (Å²) in [6.45, 7) is 1.39. The van der Waals surface area contributed by atoms with Gasteiger partial charge in [0.1, 0.15) is 5.75 Å². The molecule has 1 heterocycles. The molecule has 3 N–H and O–H groups in total. The van der Waals surface area contributed by atoms with Crippen molar-refractivity contribution in [2.75, 3.05) is 31.6 Å². The van der Waals surface area contributed by atoms with Gasteiger partial charge in [0.25, 0.3) is 5.91 Å². The quantitative estimate of drug-likeness (QED) is 0.677. The molecule has 0 unspecified atom stereocenters. The standard InChI is InChI=1S/C20H21N3O5/c1-28-17-6-5-14(12-16(17)23-10-9-22-20(23)27)18(24)21-8-7-13-3-2-4-15(11-13)19(25)26/h2-6,11-12H,7-10H2,1H3,(H,21,24)(H,22,27)(H,25,26). The summed E-state index contributed by atoms with van der Waals surface area (Å²) in [7, 11) is 1.51. The number of carboxylic acid groups (broad SMARTS) is 1. The molecule has 0 bridgehead atoms. The second-order valence-corrected chi connectivity index (χ2v) is 6.28. The first kappa shape index (κ1) is 19.2. The predicted octanol–water partition coefficient (Wildman–Crippen LogP) is 1.90. The van der Waals surface area contributed by atoms with Crippen molar-refractivity contribution in [1.82, 2.24) is 10.6 Å². The molecular weight excluding hydrogens is 362 g/mol. The molecule has 1 aliphatic rings. The number of benzene rings is 2. The normalized spacial score (nSPS) is 13.2. The summed E-state index contributed by atoms with van der Waals surface area (Å²) >= 11 is 0. The SMILES string of the molecule is COc1ccc(C(=O)NCCc2cccc(C(=O)O)c2)cc1N1CCNC1=O. The highest BCUT2D eigenvalue weighted by Crippen LogP contribution is 2.30. The lowest BCUT2D eigenvalue weighted by Gasteiger charge is -2.18. The van der Waals surface area contributed by atoms with Crippen LogP contribution in [0.25, 0.3) is 0 Å². The first-order valence-corrected chi connectivity index (χ1v) is 8.83. The van der Waals surface area contributed by atoms with Gasteiger partial charge in [0.2, 0.25) is 0 Å². The Kier molecular flexibility index (Phi) is 5.78. The second kappa shape index (κ2) is 8.43. The summed E-state index contributed by atoms with van der Waals surface area (Å²) in [4.78, 5) is 37.0. The number of rotatable bonds is 7. The number of methoxy groups -OCH3 is 1. The molecule has 1 aliphatic heterocycles. The first-order valence-electron chi connectivity index (χ1n) is 8.83. The first-order chi connectivity index (χ1) is 13.5. The number of hydrogen-bond donors (Lipinski definition) is 3. The highest BCUT2D eigenvalue weighted by molar-refractivity contribution is 5.99. The number of nitrogens with zero attached hydrogens (tertiary/aromatic N) is 1. The van der Waals surface area contributed by atoms with Gasteiger partial charge in [-0.25, -0.2) is 9.59 Å². The second-order valence-electron chi connectivity index (χ2n) is 6.28. The number of carbonyl (C=O) groups excluding carboxylic acids is 2.